The Bertz CT molecular complexity index is 429. The molecule has 0 heterocycles. The molecule has 1 aromatic carbocycles. The second kappa shape index (κ2) is 7.58. The van der Waals surface area contributed by atoms with Crippen molar-refractivity contribution in [2.24, 2.45) is 0 Å². The average Bonchev–Trinajstić information content (AvgIpc) is 2.40. The zero-order chi connectivity index (χ0) is 14.4. The van der Waals surface area contributed by atoms with Crippen LogP contribution in [-0.2, 0) is 4.74 Å². The summed E-state index contributed by atoms with van der Waals surface area (Å²) in [5, 5.41) is 0.557. The minimum absolute atomic E-state index is 0.132. The monoisotopic (exact) mass is 304 g/mol. The summed E-state index contributed by atoms with van der Waals surface area (Å²) >= 11 is 11.8. The highest BCUT2D eigenvalue weighted by Crippen LogP contribution is 2.29. The highest BCUT2D eigenvalue weighted by molar-refractivity contribution is 6.43. The van der Waals surface area contributed by atoms with Gasteiger partial charge in [-0.25, -0.2) is 0 Å². The summed E-state index contributed by atoms with van der Waals surface area (Å²) in [6.45, 7) is 6.08. The van der Waals surface area contributed by atoms with E-state index in [1.165, 1.54) is 6.07 Å². The van der Waals surface area contributed by atoms with E-state index < -0.39 is 0 Å². The number of halogens is 2. The van der Waals surface area contributed by atoms with Crippen LogP contribution in [0.2, 0.25) is 10.0 Å². The van der Waals surface area contributed by atoms with Crippen LogP contribution in [0.4, 0.5) is 5.69 Å². The molecule has 0 unspecified atom stereocenters. The van der Waals surface area contributed by atoms with E-state index in [9.17, 15) is 4.79 Å². The van der Waals surface area contributed by atoms with Crippen LogP contribution in [0, 0.1) is 0 Å². The van der Waals surface area contributed by atoms with Gasteiger partial charge in [-0.15, -0.1) is 0 Å². The number of ether oxygens (including phenoxy) is 1. The summed E-state index contributed by atoms with van der Waals surface area (Å²) < 4.78 is 5.25. The van der Waals surface area contributed by atoms with E-state index in [1.807, 2.05) is 13.8 Å². The quantitative estimate of drug-likeness (QED) is 0.649. The molecule has 0 aromatic heterocycles. The highest BCUT2D eigenvalue weighted by Gasteiger charge is 2.16. The molecular formula is C13H18Cl2N2O2. The number of carbonyl (C=O) groups excluding carboxylic acids is 1. The molecule has 106 valence electrons. The fraction of sp³-hybridized carbons (Fsp3) is 0.462. The summed E-state index contributed by atoms with van der Waals surface area (Å²) in [5.74, 6) is -0.132. The van der Waals surface area contributed by atoms with E-state index in [0.29, 0.717) is 37.6 Å². The SMILES string of the molecule is CCOCCN(CC)C(=O)c1cc(N)c(Cl)c(Cl)c1. The molecular weight excluding hydrogens is 287 g/mol. The third-order valence-electron chi connectivity index (χ3n) is 2.68. The third-order valence-corrected chi connectivity index (χ3v) is 3.50. The normalized spacial score (nSPS) is 10.5. The summed E-state index contributed by atoms with van der Waals surface area (Å²) in [5.41, 5.74) is 6.45. The summed E-state index contributed by atoms with van der Waals surface area (Å²) in [4.78, 5) is 14.0. The zero-order valence-electron chi connectivity index (χ0n) is 11.1. The lowest BCUT2D eigenvalue weighted by Gasteiger charge is -2.21. The number of nitrogens with two attached hydrogens (primary N) is 1. The van der Waals surface area contributed by atoms with Crippen LogP contribution in [0.25, 0.3) is 0 Å². The Morgan fingerprint density at radius 1 is 1.37 bits per heavy atom. The fourth-order valence-corrected chi connectivity index (χ4v) is 1.97. The molecule has 2 N–H and O–H groups in total. The van der Waals surface area contributed by atoms with Gasteiger partial charge < -0.3 is 15.4 Å². The molecule has 0 aliphatic rings. The Labute approximate surface area is 123 Å². The second-order valence-corrected chi connectivity index (χ2v) is 4.73. The summed E-state index contributed by atoms with van der Waals surface area (Å²) in [6.07, 6.45) is 0. The van der Waals surface area contributed by atoms with Gasteiger partial charge in [-0.2, -0.15) is 0 Å². The van der Waals surface area contributed by atoms with E-state index >= 15 is 0 Å². The van der Waals surface area contributed by atoms with Gasteiger partial charge in [0.2, 0.25) is 0 Å². The summed E-state index contributed by atoms with van der Waals surface area (Å²) in [6, 6.07) is 3.08. The van der Waals surface area contributed by atoms with Crippen molar-refractivity contribution in [2.45, 2.75) is 13.8 Å². The molecule has 0 saturated carbocycles. The number of benzene rings is 1. The molecule has 0 aliphatic carbocycles. The molecule has 0 fully saturated rings. The van der Waals surface area contributed by atoms with Crippen molar-refractivity contribution in [2.75, 3.05) is 32.0 Å². The van der Waals surface area contributed by atoms with Crippen molar-refractivity contribution in [1.29, 1.82) is 0 Å². The predicted molar refractivity (Wildman–Crippen MR) is 78.9 cm³/mol. The average molecular weight is 305 g/mol. The van der Waals surface area contributed by atoms with Gasteiger partial charge in [0.05, 0.1) is 22.3 Å². The molecule has 4 nitrogen and oxygen atoms in total. The predicted octanol–water partition coefficient (Wildman–Crippen LogP) is 3.07. The second-order valence-electron chi connectivity index (χ2n) is 3.94. The minimum Gasteiger partial charge on any atom is -0.397 e. The first-order valence-corrected chi connectivity index (χ1v) is 6.88. The summed E-state index contributed by atoms with van der Waals surface area (Å²) in [7, 11) is 0. The molecule has 0 saturated heterocycles. The first-order chi connectivity index (χ1) is 9.01. The van der Waals surface area contributed by atoms with E-state index in [-0.39, 0.29) is 16.0 Å². The maximum atomic E-state index is 12.3. The fourth-order valence-electron chi connectivity index (χ4n) is 1.64. The van der Waals surface area contributed by atoms with E-state index in [0.717, 1.165) is 0 Å². The number of hydrogen-bond acceptors (Lipinski definition) is 3. The number of likely N-dealkylation sites (N-methyl/N-ethyl adjacent to an activating group) is 1. The Hall–Kier alpha value is -0.970. The molecule has 0 aliphatic heterocycles. The lowest BCUT2D eigenvalue weighted by atomic mass is 10.1. The van der Waals surface area contributed by atoms with Gasteiger partial charge >= 0.3 is 0 Å². The van der Waals surface area contributed by atoms with Gasteiger partial charge in [0.25, 0.3) is 5.91 Å². The van der Waals surface area contributed by atoms with Gasteiger partial charge in [-0.3, -0.25) is 4.79 Å². The van der Waals surface area contributed by atoms with Crippen LogP contribution < -0.4 is 5.73 Å². The van der Waals surface area contributed by atoms with Crippen molar-refractivity contribution in [1.82, 2.24) is 4.90 Å². The van der Waals surface area contributed by atoms with Crippen molar-refractivity contribution < 1.29 is 9.53 Å². The Morgan fingerprint density at radius 3 is 2.58 bits per heavy atom. The van der Waals surface area contributed by atoms with Crippen LogP contribution in [0.1, 0.15) is 24.2 Å². The molecule has 0 atom stereocenters. The smallest absolute Gasteiger partial charge is 0.254 e. The first-order valence-electron chi connectivity index (χ1n) is 6.12. The Balaban J connectivity index is 2.85. The van der Waals surface area contributed by atoms with Crippen LogP contribution in [-0.4, -0.2) is 37.1 Å². The van der Waals surface area contributed by atoms with Gasteiger partial charge in [0.1, 0.15) is 0 Å². The molecule has 6 heteroatoms. The number of nitrogen functional groups attached to an aromatic ring is 1. The maximum absolute atomic E-state index is 12.3. The molecule has 0 bridgehead atoms. The lowest BCUT2D eigenvalue weighted by molar-refractivity contribution is 0.0669. The topological polar surface area (TPSA) is 55.6 Å². The third kappa shape index (κ3) is 4.27. The minimum atomic E-state index is -0.132. The molecule has 1 aromatic rings. The maximum Gasteiger partial charge on any atom is 0.254 e. The number of nitrogens with zero attached hydrogens (tertiary/aromatic N) is 1. The van der Waals surface area contributed by atoms with Gasteiger partial charge in [0, 0.05) is 25.3 Å². The van der Waals surface area contributed by atoms with Crippen LogP contribution in [0.3, 0.4) is 0 Å². The number of amides is 1. The molecule has 0 spiro atoms. The first kappa shape index (κ1) is 16.1. The van der Waals surface area contributed by atoms with E-state index in [1.54, 1.807) is 11.0 Å². The molecule has 1 rings (SSSR count). The highest BCUT2D eigenvalue weighted by atomic mass is 35.5. The molecule has 1 amide bonds. The number of rotatable bonds is 6. The van der Waals surface area contributed by atoms with E-state index in [2.05, 4.69) is 0 Å². The van der Waals surface area contributed by atoms with Crippen molar-refractivity contribution in [3.05, 3.63) is 27.7 Å². The largest absolute Gasteiger partial charge is 0.397 e. The van der Waals surface area contributed by atoms with Crippen LogP contribution in [0.5, 0.6) is 0 Å². The lowest BCUT2D eigenvalue weighted by Crippen LogP contribution is -2.34. The van der Waals surface area contributed by atoms with Crippen molar-refractivity contribution >= 4 is 34.8 Å². The van der Waals surface area contributed by atoms with Gasteiger partial charge in [0.15, 0.2) is 0 Å². The van der Waals surface area contributed by atoms with Crippen molar-refractivity contribution in [3.63, 3.8) is 0 Å². The number of carbonyl (C=O) groups is 1. The Kier molecular flexibility index (Phi) is 6.42. The number of anilines is 1. The van der Waals surface area contributed by atoms with E-state index in [4.69, 9.17) is 33.7 Å². The van der Waals surface area contributed by atoms with Gasteiger partial charge in [-0.1, -0.05) is 23.2 Å². The van der Waals surface area contributed by atoms with Crippen molar-refractivity contribution in [3.8, 4) is 0 Å². The number of hydrogen-bond donors (Lipinski definition) is 1. The van der Waals surface area contributed by atoms with Crippen LogP contribution >= 0.6 is 23.2 Å². The molecule has 0 radical (unpaired) electrons. The van der Waals surface area contributed by atoms with Gasteiger partial charge in [-0.05, 0) is 26.0 Å². The standard InChI is InChI=1S/C13H18Cl2N2O2/c1-3-17(5-6-19-4-2)13(18)9-7-10(14)12(15)11(16)8-9/h7-8H,3-6,16H2,1-2H3. The Morgan fingerprint density at radius 2 is 2.05 bits per heavy atom. The zero-order valence-corrected chi connectivity index (χ0v) is 12.6. The molecule has 19 heavy (non-hydrogen) atoms. The van der Waals surface area contributed by atoms with Crippen LogP contribution in [0.15, 0.2) is 12.1 Å².